The van der Waals surface area contributed by atoms with Crippen LogP contribution in [0.25, 0.3) is 0 Å². The molecular weight excluding hydrogens is 512 g/mol. The maximum Gasteiger partial charge on any atom is 0.416 e. The van der Waals surface area contributed by atoms with E-state index in [-0.39, 0.29) is 24.1 Å². The first-order valence-electron chi connectivity index (χ1n) is 12.2. The number of primary amides is 1. The number of aromatic hydroxyl groups is 1. The van der Waals surface area contributed by atoms with Crippen molar-refractivity contribution in [3.63, 3.8) is 0 Å². The molecule has 0 aromatic heterocycles. The molecule has 5 N–H and O–H groups in total. The van der Waals surface area contributed by atoms with Gasteiger partial charge in [0, 0.05) is 25.7 Å². The van der Waals surface area contributed by atoms with Crippen LogP contribution < -0.4 is 16.0 Å². The summed E-state index contributed by atoms with van der Waals surface area (Å²) in [6.07, 6.45) is -0.0908. The summed E-state index contributed by atoms with van der Waals surface area (Å²) in [5.41, 5.74) is 2.95. The minimum absolute atomic E-state index is 0.0663. The number of rotatable bonds is 5. The molecule has 3 aliphatic rings. The number of fused-ring (bicyclic) bond motifs is 3. The van der Waals surface area contributed by atoms with Crippen molar-refractivity contribution in [3.8, 4) is 5.75 Å². The second-order valence-corrected chi connectivity index (χ2v) is 10.5. The number of hydrogen-bond acceptors (Lipinski definition) is 11. The summed E-state index contributed by atoms with van der Waals surface area (Å²) in [5.74, 6) is -11.6. The minimum atomic E-state index is -2.82. The van der Waals surface area contributed by atoms with E-state index in [2.05, 4.69) is 16.6 Å². The number of nitrogens with zero attached hydrogens (tertiary/aromatic N) is 2. The van der Waals surface area contributed by atoms with E-state index in [9.17, 15) is 39.0 Å². The number of hydrogen-bond donors (Lipinski definition) is 4. The molecular formula is C26H30N4O9. The molecule has 4 unspecified atom stereocenters. The van der Waals surface area contributed by atoms with Crippen LogP contribution in [0.1, 0.15) is 22.3 Å². The Bertz CT molecular complexity index is 1340. The third-order valence-corrected chi connectivity index (χ3v) is 7.95. The number of carbonyl (C=O) groups excluding carboxylic acids is 6. The first kappa shape index (κ1) is 27.9. The minimum Gasteiger partial charge on any atom is -0.505 e. The first-order valence-corrected chi connectivity index (χ1v) is 12.2. The summed E-state index contributed by atoms with van der Waals surface area (Å²) in [4.78, 5) is 81.4. The molecule has 13 nitrogen and oxygen atoms in total. The Morgan fingerprint density at radius 3 is 2.36 bits per heavy atom. The van der Waals surface area contributed by atoms with E-state index in [0.717, 1.165) is 6.26 Å². The summed E-state index contributed by atoms with van der Waals surface area (Å²) in [6.45, 7) is 3.28. The maximum absolute atomic E-state index is 13.9. The lowest BCUT2D eigenvalue weighted by atomic mass is 9.52. The molecule has 0 spiro atoms. The number of anilines is 2. The van der Waals surface area contributed by atoms with Crippen molar-refractivity contribution in [1.29, 1.82) is 0 Å². The molecule has 0 aliphatic heterocycles. The number of amides is 2. The number of nitrogens with one attached hydrogen (secondary N) is 1. The molecule has 2 amide bonds. The zero-order chi connectivity index (χ0) is 29.1. The number of ether oxygens (including phenoxy) is 1. The Morgan fingerprint density at radius 2 is 1.82 bits per heavy atom. The molecule has 6 atom stereocenters. The van der Waals surface area contributed by atoms with Crippen LogP contribution in [0.3, 0.4) is 0 Å². The largest absolute Gasteiger partial charge is 0.505 e. The van der Waals surface area contributed by atoms with E-state index in [1.807, 2.05) is 0 Å². The standard InChI is InChI=1S/C26H30N4O9/c1-6-39-25(37)28-13-9-14(29(2)3)11-7-10-8-12-18(30(4)5)21(33)17(24(27)36)23(35)26(12,38)22(34)15(10)20(32)16(11)19(13)31/h6,9-10,12,15,17-18,31,38H,1,7-8H2,2-5H3,(H2,27,36)(H,28,37)/t10?,12?,15?,17?,18-,26-/m0/s1. The van der Waals surface area contributed by atoms with E-state index in [1.165, 1.54) is 25.1 Å². The van der Waals surface area contributed by atoms with Gasteiger partial charge in [-0.3, -0.25) is 34.2 Å². The molecule has 39 heavy (non-hydrogen) atoms. The third kappa shape index (κ3) is 4.00. The molecule has 4 rings (SSSR count). The van der Waals surface area contributed by atoms with Crippen LogP contribution in [0.15, 0.2) is 18.9 Å². The highest BCUT2D eigenvalue weighted by atomic mass is 16.5. The van der Waals surface area contributed by atoms with Gasteiger partial charge in [0.25, 0.3) is 0 Å². The number of phenolic OH excluding ortho intramolecular Hbond substituents is 1. The van der Waals surface area contributed by atoms with E-state index in [1.54, 1.807) is 19.0 Å². The number of aliphatic hydroxyl groups is 1. The summed E-state index contributed by atoms with van der Waals surface area (Å²) >= 11 is 0. The van der Waals surface area contributed by atoms with Crippen molar-refractivity contribution in [2.24, 2.45) is 29.4 Å². The van der Waals surface area contributed by atoms with Crippen molar-refractivity contribution in [1.82, 2.24) is 4.90 Å². The van der Waals surface area contributed by atoms with Gasteiger partial charge in [-0.05, 0) is 44.5 Å². The predicted octanol–water partition coefficient (Wildman–Crippen LogP) is -0.375. The number of likely N-dealkylation sites (N-methyl/N-ethyl adjacent to an activating group) is 1. The van der Waals surface area contributed by atoms with E-state index in [4.69, 9.17) is 5.73 Å². The van der Waals surface area contributed by atoms with E-state index >= 15 is 0 Å². The zero-order valence-corrected chi connectivity index (χ0v) is 21.9. The molecule has 1 aromatic rings. The SMILES string of the molecule is C=COC(=O)Nc1cc(N(C)C)c2c(c1O)C(=O)C1C(=O)[C@]3(O)C(=O)C(C(N)=O)C(=O)[C@@H](N(C)C)C3CC1C2. The molecule has 13 heteroatoms. The van der Waals surface area contributed by atoms with Crippen molar-refractivity contribution >= 4 is 46.5 Å². The number of phenols is 1. The quantitative estimate of drug-likeness (QED) is 0.215. The Kier molecular flexibility index (Phi) is 6.86. The predicted molar refractivity (Wildman–Crippen MR) is 136 cm³/mol. The van der Waals surface area contributed by atoms with Gasteiger partial charge in [-0.25, -0.2) is 4.79 Å². The maximum atomic E-state index is 13.9. The number of ketones is 4. The molecule has 0 saturated heterocycles. The Hall–Kier alpha value is -4.10. The Balaban J connectivity index is 1.88. The lowest BCUT2D eigenvalue weighted by Gasteiger charge is -2.52. The average Bonchev–Trinajstić information content (AvgIpc) is 2.82. The molecule has 0 bridgehead atoms. The highest BCUT2D eigenvalue weighted by molar-refractivity contribution is 6.32. The van der Waals surface area contributed by atoms with Crippen LogP contribution in [-0.2, 0) is 30.3 Å². The third-order valence-electron chi connectivity index (χ3n) is 7.95. The van der Waals surface area contributed by atoms with Gasteiger partial charge in [-0.2, -0.15) is 0 Å². The van der Waals surface area contributed by atoms with Gasteiger partial charge in [0.2, 0.25) is 5.91 Å². The second kappa shape index (κ2) is 9.58. The summed E-state index contributed by atoms with van der Waals surface area (Å²) in [5, 5.41) is 25.0. The fourth-order valence-corrected chi connectivity index (χ4v) is 6.36. The highest BCUT2D eigenvalue weighted by Crippen LogP contribution is 2.52. The van der Waals surface area contributed by atoms with E-state index in [0.29, 0.717) is 11.3 Å². The van der Waals surface area contributed by atoms with Crippen LogP contribution in [0.4, 0.5) is 16.2 Å². The number of benzene rings is 1. The van der Waals surface area contributed by atoms with Gasteiger partial charge in [-0.1, -0.05) is 6.58 Å². The van der Waals surface area contributed by atoms with E-state index < -0.39 is 76.2 Å². The Morgan fingerprint density at radius 1 is 1.18 bits per heavy atom. The van der Waals surface area contributed by atoms with Gasteiger partial charge in [-0.15, -0.1) is 0 Å². The molecule has 0 heterocycles. The monoisotopic (exact) mass is 542 g/mol. The smallest absolute Gasteiger partial charge is 0.416 e. The van der Waals surface area contributed by atoms with Crippen LogP contribution in [0.2, 0.25) is 0 Å². The van der Waals surface area contributed by atoms with Crippen molar-refractivity contribution in [3.05, 3.63) is 30.0 Å². The summed E-state index contributed by atoms with van der Waals surface area (Å²) < 4.78 is 4.64. The van der Waals surface area contributed by atoms with Crippen LogP contribution >= 0.6 is 0 Å². The zero-order valence-electron chi connectivity index (χ0n) is 21.9. The fourth-order valence-electron chi connectivity index (χ4n) is 6.36. The number of nitrogens with two attached hydrogens (primary N) is 1. The van der Waals surface area contributed by atoms with Gasteiger partial charge < -0.3 is 25.6 Å². The number of Topliss-reactive ketones (excluding diaryl/α,β-unsaturated/α-hetero) is 4. The van der Waals surface area contributed by atoms with Crippen LogP contribution in [0.5, 0.6) is 5.75 Å². The molecule has 0 radical (unpaired) electrons. The van der Waals surface area contributed by atoms with Crippen molar-refractivity contribution in [2.45, 2.75) is 24.5 Å². The summed E-state index contributed by atoms with van der Waals surface area (Å²) in [6, 6.07) is 0.261. The first-order chi connectivity index (χ1) is 18.2. The molecule has 1 aromatic carbocycles. The highest BCUT2D eigenvalue weighted by Gasteiger charge is 2.69. The van der Waals surface area contributed by atoms with Crippen molar-refractivity contribution < 1.29 is 43.7 Å². The topological polar surface area (TPSA) is 197 Å². The van der Waals surface area contributed by atoms with Crippen LogP contribution in [-0.4, -0.2) is 90.1 Å². The average molecular weight is 543 g/mol. The molecule has 208 valence electrons. The summed E-state index contributed by atoms with van der Waals surface area (Å²) in [7, 11) is 6.40. The lowest BCUT2D eigenvalue weighted by Crippen LogP contribution is -2.74. The number of carbonyl (C=O) groups is 6. The van der Waals surface area contributed by atoms with Gasteiger partial charge in [0.15, 0.2) is 34.7 Å². The van der Waals surface area contributed by atoms with Gasteiger partial charge in [0.05, 0.1) is 29.5 Å². The van der Waals surface area contributed by atoms with Gasteiger partial charge in [0.1, 0.15) is 5.75 Å². The van der Waals surface area contributed by atoms with Crippen LogP contribution in [0, 0.1) is 23.7 Å². The lowest BCUT2D eigenvalue weighted by molar-refractivity contribution is -0.181. The normalized spacial score (nSPS) is 29.7. The van der Waals surface area contributed by atoms with Crippen molar-refractivity contribution in [2.75, 3.05) is 38.4 Å². The second-order valence-electron chi connectivity index (χ2n) is 10.5. The Labute approximate surface area is 223 Å². The van der Waals surface area contributed by atoms with Gasteiger partial charge >= 0.3 is 6.09 Å². The molecule has 2 saturated carbocycles. The molecule has 3 aliphatic carbocycles. The molecule has 2 fully saturated rings. The fraction of sp³-hybridized carbons (Fsp3) is 0.462.